The number of primary amides is 1. The fourth-order valence-corrected chi connectivity index (χ4v) is 5.39. The average Bonchev–Trinajstić information content (AvgIpc) is 3.36. The number of carbonyl (C=O) groups excluding carboxylic acids is 3. The molecule has 7 nitrogen and oxygen atoms in total. The van der Waals surface area contributed by atoms with Crippen LogP contribution in [0.1, 0.15) is 47.8 Å². The van der Waals surface area contributed by atoms with Gasteiger partial charge in [-0.25, -0.2) is 9.78 Å². The van der Waals surface area contributed by atoms with Crippen molar-refractivity contribution < 1.29 is 19.1 Å². The third-order valence-electron chi connectivity index (χ3n) is 5.03. The van der Waals surface area contributed by atoms with Gasteiger partial charge in [-0.05, 0) is 50.6 Å². The van der Waals surface area contributed by atoms with Crippen LogP contribution in [-0.4, -0.2) is 29.4 Å². The van der Waals surface area contributed by atoms with Crippen LogP contribution in [0.3, 0.4) is 0 Å². The summed E-state index contributed by atoms with van der Waals surface area (Å²) in [6, 6.07) is 13.1. The van der Waals surface area contributed by atoms with Gasteiger partial charge in [-0.3, -0.25) is 9.59 Å². The van der Waals surface area contributed by atoms with Gasteiger partial charge in [-0.2, -0.15) is 0 Å². The number of hydrogen-bond donors (Lipinski definition) is 2. The van der Waals surface area contributed by atoms with Crippen molar-refractivity contribution in [1.29, 1.82) is 0 Å². The summed E-state index contributed by atoms with van der Waals surface area (Å²) in [6.45, 7) is 5.46. The Kier molecular flexibility index (Phi) is 6.26. The van der Waals surface area contributed by atoms with E-state index in [2.05, 4.69) is 5.32 Å². The molecule has 0 aliphatic rings. The Morgan fingerprint density at radius 2 is 1.85 bits per heavy atom. The van der Waals surface area contributed by atoms with Gasteiger partial charge in [-0.1, -0.05) is 18.2 Å². The van der Waals surface area contributed by atoms with Gasteiger partial charge in [0, 0.05) is 10.3 Å². The van der Waals surface area contributed by atoms with E-state index in [0.717, 1.165) is 21.1 Å². The Bertz CT molecular complexity index is 1400. The van der Waals surface area contributed by atoms with E-state index in [-0.39, 0.29) is 22.0 Å². The Morgan fingerprint density at radius 3 is 2.52 bits per heavy atom. The number of ether oxygens (including phenoxy) is 1. The van der Waals surface area contributed by atoms with Crippen molar-refractivity contribution in [3.63, 3.8) is 0 Å². The number of nitrogens with two attached hydrogens (primary N) is 1. The van der Waals surface area contributed by atoms with Crippen LogP contribution in [0.2, 0.25) is 0 Å². The van der Waals surface area contributed by atoms with Gasteiger partial charge in [0.15, 0.2) is 0 Å². The zero-order valence-electron chi connectivity index (χ0n) is 18.2. The molecule has 0 aliphatic heterocycles. The van der Waals surface area contributed by atoms with E-state index in [4.69, 9.17) is 15.5 Å². The van der Waals surface area contributed by atoms with E-state index in [1.807, 2.05) is 43.3 Å². The summed E-state index contributed by atoms with van der Waals surface area (Å²) >= 11 is 2.55. The average molecular weight is 480 g/mol. The van der Waals surface area contributed by atoms with Crippen molar-refractivity contribution >= 4 is 56.4 Å². The highest BCUT2D eigenvalue weighted by molar-refractivity contribution is 7.18. The number of hydrogen-bond acceptors (Lipinski definition) is 7. The monoisotopic (exact) mass is 479 g/mol. The molecule has 0 unspecified atom stereocenters. The quantitative estimate of drug-likeness (QED) is 0.371. The maximum atomic E-state index is 13.4. The van der Waals surface area contributed by atoms with Crippen molar-refractivity contribution in [2.75, 3.05) is 11.9 Å². The van der Waals surface area contributed by atoms with Crippen LogP contribution in [-0.2, 0) is 4.74 Å². The number of pyridine rings is 1. The summed E-state index contributed by atoms with van der Waals surface area (Å²) in [5.74, 6) is -1.72. The van der Waals surface area contributed by atoms with Crippen LogP contribution < -0.4 is 11.1 Å². The third-order valence-corrected chi connectivity index (χ3v) is 7.28. The van der Waals surface area contributed by atoms with E-state index in [1.54, 1.807) is 31.3 Å². The molecule has 9 heteroatoms. The number of carbonyl (C=O) groups is 3. The first kappa shape index (κ1) is 22.6. The molecule has 3 N–H and O–H groups in total. The maximum Gasteiger partial charge on any atom is 0.341 e. The lowest BCUT2D eigenvalue weighted by Gasteiger charge is -2.10. The van der Waals surface area contributed by atoms with E-state index in [9.17, 15) is 14.4 Å². The van der Waals surface area contributed by atoms with Crippen molar-refractivity contribution in [2.45, 2.75) is 20.8 Å². The molecule has 0 fully saturated rings. The molecular weight excluding hydrogens is 458 g/mol. The number of rotatable bonds is 6. The number of aryl methyl sites for hydroxylation is 1. The van der Waals surface area contributed by atoms with Crippen molar-refractivity contribution in [3.05, 3.63) is 68.9 Å². The minimum Gasteiger partial charge on any atom is -0.462 e. The van der Waals surface area contributed by atoms with E-state index in [1.165, 1.54) is 0 Å². The molecule has 4 aromatic rings. The Labute approximate surface area is 198 Å². The van der Waals surface area contributed by atoms with Crippen LogP contribution in [0.4, 0.5) is 5.00 Å². The third kappa shape index (κ3) is 4.37. The summed E-state index contributed by atoms with van der Waals surface area (Å²) in [5.41, 5.74) is 7.76. The second-order valence-electron chi connectivity index (χ2n) is 7.28. The molecule has 2 amide bonds. The van der Waals surface area contributed by atoms with Gasteiger partial charge in [0.1, 0.15) is 5.00 Å². The normalized spacial score (nSPS) is 10.9. The minimum absolute atomic E-state index is 0.136. The largest absolute Gasteiger partial charge is 0.462 e. The maximum absolute atomic E-state index is 13.4. The smallest absolute Gasteiger partial charge is 0.341 e. The van der Waals surface area contributed by atoms with Crippen LogP contribution in [0, 0.1) is 13.8 Å². The van der Waals surface area contributed by atoms with E-state index >= 15 is 0 Å². The Hall–Kier alpha value is -3.56. The molecule has 0 spiro atoms. The van der Waals surface area contributed by atoms with Crippen molar-refractivity contribution in [1.82, 2.24) is 4.98 Å². The predicted molar refractivity (Wildman–Crippen MR) is 131 cm³/mol. The number of para-hydroxylation sites is 1. The topological polar surface area (TPSA) is 111 Å². The number of amides is 2. The number of nitrogens with zero attached hydrogens (tertiary/aromatic N) is 1. The first-order valence-corrected chi connectivity index (χ1v) is 11.8. The molecule has 0 saturated heterocycles. The van der Waals surface area contributed by atoms with Gasteiger partial charge < -0.3 is 15.8 Å². The van der Waals surface area contributed by atoms with Crippen LogP contribution >= 0.6 is 22.7 Å². The number of fused-ring (bicyclic) bond motifs is 1. The highest BCUT2D eigenvalue weighted by Crippen LogP contribution is 2.35. The molecule has 1 aromatic carbocycles. The molecule has 168 valence electrons. The molecule has 33 heavy (non-hydrogen) atoms. The molecule has 4 rings (SSSR count). The lowest BCUT2D eigenvalue weighted by molar-refractivity contribution is 0.0527. The zero-order chi connectivity index (χ0) is 23.7. The predicted octanol–water partition coefficient (Wildman–Crippen LogP) is 5.17. The summed E-state index contributed by atoms with van der Waals surface area (Å²) in [6.07, 6.45) is 0. The number of esters is 1. The van der Waals surface area contributed by atoms with Crippen molar-refractivity contribution in [2.24, 2.45) is 5.73 Å². The molecule has 3 heterocycles. The Balaban J connectivity index is 1.81. The van der Waals surface area contributed by atoms with Crippen LogP contribution in [0.15, 0.2) is 42.5 Å². The number of thiophene rings is 2. The first-order chi connectivity index (χ1) is 15.8. The fourth-order valence-electron chi connectivity index (χ4n) is 3.52. The van der Waals surface area contributed by atoms with Crippen LogP contribution in [0.25, 0.3) is 21.5 Å². The fraction of sp³-hybridized carbons (Fsp3) is 0.167. The molecule has 0 aliphatic carbocycles. The number of aromatic nitrogens is 1. The standard InChI is InChI=1S/C24H21N3O4S2/c1-4-31-24(30)19-13(3)20(21(25)28)33-23(19)27-22(29)15-11-17(18-10-9-12(2)32-18)26-16-8-6-5-7-14(15)16/h5-11H,4H2,1-3H3,(H2,25,28)(H,27,29). The lowest BCUT2D eigenvalue weighted by Crippen LogP contribution is -2.16. The molecule has 0 saturated carbocycles. The number of anilines is 1. The van der Waals surface area contributed by atoms with Gasteiger partial charge in [0.05, 0.1) is 38.7 Å². The van der Waals surface area contributed by atoms with E-state index < -0.39 is 17.8 Å². The summed E-state index contributed by atoms with van der Waals surface area (Å²) in [7, 11) is 0. The molecule has 0 atom stereocenters. The lowest BCUT2D eigenvalue weighted by atomic mass is 10.1. The summed E-state index contributed by atoms with van der Waals surface area (Å²) in [5, 5.41) is 3.70. The van der Waals surface area contributed by atoms with Crippen LogP contribution in [0.5, 0.6) is 0 Å². The minimum atomic E-state index is -0.673. The summed E-state index contributed by atoms with van der Waals surface area (Å²) in [4.78, 5) is 44.9. The molecule has 0 radical (unpaired) electrons. The van der Waals surface area contributed by atoms with Crippen molar-refractivity contribution in [3.8, 4) is 10.6 Å². The second kappa shape index (κ2) is 9.13. The van der Waals surface area contributed by atoms with Gasteiger partial charge in [0.2, 0.25) is 0 Å². The Morgan fingerprint density at radius 1 is 1.09 bits per heavy atom. The zero-order valence-corrected chi connectivity index (χ0v) is 19.9. The second-order valence-corrected chi connectivity index (χ2v) is 9.59. The SMILES string of the molecule is CCOC(=O)c1c(NC(=O)c2cc(-c3ccc(C)s3)nc3ccccc23)sc(C(N)=O)c1C. The van der Waals surface area contributed by atoms with E-state index in [0.29, 0.717) is 27.7 Å². The summed E-state index contributed by atoms with van der Waals surface area (Å²) < 4.78 is 5.13. The number of nitrogens with one attached hydrogen (secondary N) is 1. The molecule has 3 aromatic heterocycles. The number of benzene rings is 1. The van der Waals surface area contributed by atoms with Gasteiger partial charge in [0.25, 0.3) is 11.8 Å². The van der Waals surface area contributed by atoms with Gasteiger partial charge in [-0.15, -0.1) is 22.7 Å². The van der Waals surface area contributed by atoms with Gasteiger partial charge >= 0.3 is 5.97 Å². The highest BCUT2D eigenvalue weighted by Gasteiger charge is 2.26. The molecule has 0 bridgehead atoms. The highest BCUT2D eigenvalue weighted by atomic mass is 32.1. The first-order valence-electron chi connectivity index (χ1n) is 10.2. The molecular formula is C24H21N3O4S2.